The number of methoxy groups -OCH3 is 1. The highest BCUT2D eigenvalue weighted by atomic mass is 16.5. The van der Waals surface area contributed by atoms with E-state index in [9.17, 15) is 4.79 Å². The number of rotatable bonds is 9. The van der Waals surface area contributed by atoms with Crippen molar-refractivity contribution in [2.75, 3.05) is 33.9 Å². The van der Waals surface area contributed by atoms with E-state index in [2.05, 4.69) is 17.1 Å². The molecule has 0 aromatic heterocycles. The number of esters is 1. The molecule has 0 aromatic carbocycles. The van der Waals surface area contributed by atoms with E-state index < -0.39 is 0 Å². The predicted octanol–water partition coefficient (Wildman–Crippen LogP) is 0.637. The van der Waals surface area contributed by atoms with Gasteiger partial charge in [-0.05, 0) is 33.7 Å². The average Bonchev–Trinajstić information content (AvgIpc) is 3.12. The molecule has 5 heteroatoms. The summed E-state index contributed by atoms with van der Waals surface area (Å²) >= 11 is 0. The van der Waals surface area contributed by atoms with E-state index in [1.165, 1.54) is 0 Å². The quantitative estimate of drug-likeness (QED) is 0.615. The Labute approximate surface area is 110 Å². The Morgan fingerprint density at radius 1 is 1.50 bits per heavy atom. The summed E-state index contributed by atoms with van der Waals surface area (Å²) in [5, 5.41) is 3.35. The number of ether oxygens (including phenoxy) is 2. The monoisotopic (exact) mass is 258 g/mol. The van der Waals surface area contributed by atoms with Gasteiger partial charge in [0.15, 0.2) is 0 Å². The Balaban J connectivity index is 2.45. The largest absolute Gasteiger partial charge is 0.465 e. The van der Waals surface area contributed by atoms with Crippen LogP contribution in [0.4, 0.5) is 0 Å². The fourth-order valence-corrected chi connectivity index (χ4v) is 1.81. The summed E-state index contributed by atoms with van der Waals surface area (Å²) in [6, 6.07) is 0.542. The molecule has 0 spiro atoms. The van der Waals surface area contributed by atoms with Crippen molar-refractivity contribution in [2.24, 2.45) is 0 Å². The Hall–Kier alpha value is -0.650. The van der Waals surface area contributed by atoms with E-state index in [-0.39, 0.29) is 18.1 Å². The minimum absolute atomic E-state index is 0.152. The van der Waals surface area contributed by atoms with Crippen molar-refractivity contribution >= 4 is 5.97 Å². The molecular formula is C13H26N2O3. The number of nitrogens with zero attached hydrogens (tertiary/aromatic N) is 1. The van der Waals surface area contributed by atoms with Gasteiger partial charge < -0.3 is 14.8 Å². The molecule has 2 atom stereocenters. The SMILES string of the molecule is CCOC(=O)C(CN(C)C(C)COC)NC1CC1. The molecule has 5 nitrogen and oxygen atoms in total. The standard InChI is InChI=1S/C13H26N2O3/c1-5-18-13(16)12(14-11-6-7-11)8-15(3)10(2)9-17-4/h10-12,14H,5-9H2,1-4H3. The van der Waals surface area contributed by atoms with E-state index in [4.69, 9.17) is 9.47 Å². The maximum absolute atomic E-state index is 11.9. The molecule has 1 saturated carbocycles. The van der Waals surface area contributed by atoms with Crippen molar-refractivity contribution in [2.45, 2.75) is 44.8 Å². The topological polar surface area (TPSA) is 50.8 Å². The van der Waals surface area contributed by atoms with Crippen LogP contribution in [0.1, 0.15) is 26.7 Å². The summed E-state index contributed by atoms with van der Waals surface area (Å²) in [7, 11) is 3.69. The molecular weight excluding hydrogens is 232 g/mol. The van der Waals surface area contributed by atoms with Gasteiger partial charge in [-0.2, -0.15) is 0 Å². The fourth-order valence-electron chi connectivity index (χ4n) is 1.81. The zero-order valence-corrected chi connectivity index (χ0v) is 11.9. The predicted molar refractivity (Wildman–Crippen MR) is 70.5 cm³/mol. The summed E-state index contributed by atoms with van der Waals surface area (Å²) in [6.07, 6.45) is 2.32. The maximum Gasteiger partial charge on any atom is 0.324 e. The highest BCUT2D eigenvalue weighted by Gasteiger charge is 2.30. The molecule has 0 radical (unpaired) electrons. The molecule has 1 rings (SSSR count). The van der Waals surface area contributed by atoms with Gasteiger partial charge in [-0.3, -0.25) is 9.69 Å². The summed E-state index contributed by atoms with van der Waals surface area (Å²) < 4.78 is 10.2. The van der Waals surface area contributed by atoms with Crippen molar-refractivity contribution in [3.8, 4) is 0 Å². The van der Waals surface area contributed by atoms with Crippen molar-refractivity contribution in [1.29, 1.82) is 0 Å². The number of hydrogen-bond donors (Lipinski definition) is 1. The zero-order chi connectivity index (χ0) is 13.5. The first-order valence-electron chi connectivity index (χ1n) is 6.70. The van der Waals surface area contributed by atoms with Crippen molar-refractivity contribution < 1.29 is 14.3 Å². The maximum atomic E-state index is 11.9. The number of hydrogen-bond acceptors (Lipinski definition) is 5. The second-order valence-electron chi connectivity index (χ2n) is 4.99. The molecule has 1 aliphatic rings. The van der Waals surface area contributed by atoms with Crippen LogP contribution in [0.15, 0.2) is 0 Å². The first-order chi connectivity index (χ1) is 8.58. The first-order valence-corrected chi connectivity index (χ1v) is 6.70. The van der Waals surface area contributed by atoms with E-state index in [0.717, 1.165) is 12.8 Å². The second-order valence-corrected chi connectivity index (χ2v) is 4.99. The lowest BCUT2D eigenvalue weighted by atomic mass is 10.2. The van der Waals surface area contributed by atoms with Gasteiger partial charge in [-0.25, -0.2) is 0 Å². The molecule has 0 saturated heterocycles. The molecule has 0 aliphatic heterocycles. The van der Waals surface area contributed by atoms with E-state index >= 15 is 0 Å². The zero-order valence-electron chi connectivity index (χ0n) is 11.9. The summed E-state index contributed by atoms with van der Waals surface area (Å²) in [4.78, 5) is 14.0. The van der Waals surface area contributed by atoms with Crippen molar-refractivity contribution in [3.63, 3.8) is 0 Å². The summed E-state index contributed by atoms with van der Waals surface area (Å²) in [6.45, 7) is 5.67. The van der Waals surface area contributed by atoms with Crippen molar-refractivity contribution in [1.82, 2.24) is 10.2 Å². The van der Waals surface area contributed by atoms with Crippen LogP contribution >= 0.6 is 0 Å². The third kappa shape index (κ3) is 5.33. The molecule has 0 heterocycles. The highest BCUT2D eigenvalue weighted by molar-refractivity contribution is 5.76. The van der Waals surface area contributed by atoms with Crippen LogP contribution in [0, 0.1) is 0 Å². The Kier molecular flexibility index (Phi) is 6.60. The van der Waals surface area contributed by atoms with Gasteiger partial charge in [0, 0.05) is 25.7 Å². The van der Waals surface area contributed by atoms with Crippen LogP contribution in [-0.4, -0.2) is 62.9 Å². The van der Waals surface area contributed by atoms with Gasteiger partial charge in [0.05, 0.1) is 13.2 Å². The van der Waals surface area contributed by atoms with Crippen LogP contribution in [0.2, 0.25) is 0 Å². The Morgan fingerprint density at radius 2 is 2.17 bits per heavy atom. The lowest BCUT2D eigenvalue weighted by molar-refractivity contribution is -0.146. The van der Waals surface area contributed by atoms with E-state index in [1.54, 1.807) is 7.11 Å². The van der Waals surface area contributed by atoms with Crippen LogP contribution in [0.25, 0.3) is 0 Å². The number of carbonyl (C=O) groups is 1. The number of likely N-dealkylation sites (N-methyl/N-ethyl adjacent to an activating group) is 1. The molecule has 2 unspecified atom stereocenters. The summed E-state index contributed by atoms with van der Waals surface area (Å²) in [5.41, 5.74) is 0. The highest BCUT2D eigenvalue weighted by Crippen LogP contribution is 2.20. The van der Waals surface area contributed by atoms with Crippen molar-refractivity contribution in [3.05, 3.63) is 0 Å². The van der Waals surface area contributed by atoms with Crippen LogP contribution in [-0.2, 0) is 14.3 Å². The molecule has 0 aromatic rings. The fraction of sp³-hybridized carbons (Fsp3) is 0.923. The lowest BCUT2D eigenvalue weighted by Crippen LogP contribution is -2.49. The Bertz CT molecular complexity index is 257. The van der Waals surface area contributed by atoms with Gasteiger partial charge in [-0.1, -0.05) is 0 Å². The van der Waals surface area contributed by atoms with Gasteiger partial charge in [0.25, 0.3) is 0 Å². The number of nitrogens with one attached hydrogen (secondary N) is 1. The minimum Gasteiger partial charge on any atom is -0.465 e. The third-order valence-corrected chi connectivity index (χ3v) is 3.22. The smallest absolute Gasteiger partial charge is 0.324 e. The lowest BCUT2D eigenvalue weighted by Gasteiger charge is -2.28. The van der Waals surface area contributed by atoms with Gasteiger partial charge in [0.2, 0.25) is 0 Å². The van der Waals surface area contributed by atoms with Crippen LogP contribution in [0.3, 0.4) is 0 Å². The number of carbonyl (C=O) groups excluding carboxylic acids is 1. The first kappa shape index (κ1) is 15.4. The van der Waals surface area contributed by atoms with Crippen LogP contribution in [0.5, 0.6) is 0 Å². The average molecular weight is 258 g/mol. The molecule has 1 aliphatic carbocycles. The van der Waals surface area contributed by atoms with Gasteiger partial charge >= 0.3 is 5.97 Å². The molecule has 1 N–H and O–H groups in total. The molecule has 1 fully saturated rings. The second kappa shape index (κ2) is 7.71. The van der Waals surface area contributed by atoms with Gasteiger partial charge in [0.1, 0.15) is 6.04 Å². The third-order valence-electron chi connectivity index (χ3n) is 3.22. The van der Waals surface area contributed by atoms with E-state index in [0.29, 0.717) is 25.8 Å². The minimum atomic E-state index is -0.234. The van der Waals surface area contributed by atoms with E-state index in [1.807, 2.05) is 14.0 Å². The normalized spacial score (nSPS) is 18.7. The van der Waals surface area contributed by atoms with Gasteiger partial charge in [-0.15, -0.1) is 0 Å². The Morgan fingerprint density at radius 3 is 2.67 bits per heavy atom. The molecule has 18 heavy (non-hydrogen) atoms. The summed E-state index contributed by atoms with van der Waals surface area (Å²) in [5.74, 6) is -0.152. The molecule has 106 valence electrons. The molecule has 0 bridgehead atoms. The molecule has 0 amide bonds. The van der Waals surface area contributed by atoms with Crippen LogP contribution < -0.4 is 5.32 Å².